The molecule has 2 aromatic heterocycles. The monoisotopic (exact) mass is 569 g/mol. The fourth-order valence-corrected chi connectivity index (χ4v) is 5.88. The summed E-state index contributed by atoms with van der Waals surface area (Å²) in [5.41, 5.74) is -1.73. The standard InChI is InChI=1S/C29H30F3N5O4/c1-15-11-16(3-6-24(15)37(33)28(39)40)18-7-10-34-14-23(18)36-27(38)22-5-4-19(30)26(35-22)25-20(31)12-17(13-21(25)32)29(41)8-2-9-29/h4-5,7,10,12-16,24,41H,2-3,6,8-9,11,33H2,1H3,(H,36,38)(H,39,40)/t15-,16+,24?/m0/s1. The quantitative estimate of drug-likeness (QED) is 0.179. The van der Waals surface area contributed by atoms with Gasteiger partial charge in [-0.2, -0.15) is 0 Å². The molecule has 0 spiro atoms. The second-order valence-electron chi connectivity index (χ2n) is 10.9. The molecule has 5 N–H and O–H groups in total. The summed E-state index contributed by atoms with van der Waals surface area (Å²) in [7, 11) is 0. The van der Waals surface area contributed by atoms with Crippen molar-refractivity contribution in [1.82, 2.24) is 15.0 Å². The average Bonchev–Trinajstić information content (AvgIpc) is 2.92. The Labute approximate surface area is 234 Å². The predicted octanol–water partition coefficient (Wildman–Crippen LogP) is 5.31. The number of carbonyl (C=O) groups excluding carboxylic acids is 1. The highest BCUT2D eigenvalue weighted by Gasteiger charge is 2.38. The van der Waals surface area contributed by atoms with Crippen LogP contribution >= 0.6 is 0 Å². The molecule has 2 aliphatic rings. The molecule has 3 atom stereocenters. The lowest BCUT2D eigenvalue weighted by molar-refractivity contribution is -0.0392. The Morgan fingerprint density at radius 1 is 1.10 bits per heavy atom. The third-order valence-corrected chi connectivity index (χ3v) is 8.32. The maximum absolute atomic E-state index is 15.0. The number of aromatic nitrogens is 2. The maximum Gasteiger partial charge on any atom is 0.421 e. The number of hydrogen-bond donors (Lipinski definition) is 4. The molecule has 2 amide bonds. The van der Waals surface area contributed by atoms with Gasteiger partial charge >= 0.3 is 6.09 Å². The van der Waals surface area contributed by atoms with Crippen molar-refractivity contribution < 1.29 is 33.0 Å². The van der Waals surface area contributed by atoms with Gasteiger partial charge in [0.1, 0.15) is 28.8 Å². The van der Waals surface area contributed by atoms with Crippen molar-refractivity contribution in [2.45, 2.75) is 63.0 Å². The number of halogens is 3. The third-order valence-electron chi connectivity index (χ3n) is 8.32. The van der Waals surface area contributed by atoms with Crippen molar-refractivity contribution in [3.05, 3.63) is 77.0 Å². The number of nitrogens with two attached hydrogens (primary N) is 1. The van der Waals surface area contributed by atoms with Crippen LogP contribution in [0.3, 0.4) is 0 Å². The molecule has 2 saturated carbocycles. The van der Waals surface area contributed by atoms with Gasteiger partial charge in [0.05, 0.1) is 29.1 Å². The second kappa shape index (κ2) is 11.1. The summed E-state index contributed by atoms with van der Waals surface area (Å²) in [6.45, 7) is 1.92. The second-order valence-corrected chi connectivity index (χ2v) is 10.9. The van der Waals surface area contributed by atoms with Crippen molar-refractivity contribution in [2.75, 3.05) is 5.32 Å². The van der Waals surface area contributed by atoms with Crippen LogP contribution in [-0.4, -0.2) is 43.2 Å². The van der Waals surface area contributed by atoms with E-state index in [0.717, 1.165) is 41.3 Å². The van der Waals surface area contributed by atoms with Crippen molar-refractivity contribution in [3.63, 3.8) is 0 Å². The minimum atomic E-state index is -1.31. The van der Waals surface area contributed by atoms with E-state index in [1.165, 1.54) is 6.20 Å². The highest BCUT2D eigenvalue weighted by Crippen LogP contribution is 2.43. The number of hydrogen-bond acceptors (Lipinski definition) is 6. The first-order valence-electron chi connectivity index (χ1n) is 13.4. The topological polar surface area (TPSA) is 142 Å². The van der Waals surface area contributed by atoms with E-state index in [4.69, 9.17) is 5.84 Å². The number of hydrazine groups is 1. The van der Waals surface area contributed by atoms with E-state index in [9.17, 15) is 24.2 Å². The van der Waals surface area contributed by atoms with E-state index >= 15 is 8.78 Å². The van der Waals surface area contributed by atoms with Gasteiger partial charge in [-0.05, 0) is 91.8 Å². The van der Waals surface area contributed by atoms with Crippen molar-refractivity contribution in [3.8, 4) is 11.3 Å². The van der Waals surface area contributed by atoms with Crippen LogP contribution in [0.5, 0.6) is 0 Å². The minimum absolute atomic E-state index is 0.0225. The lowest BCUT2D eigenvalue weighted by Crippen LogP contribution is -2.49. The Morgan fingerprint density at radius 3 is 2.41 bits per heavy atom. The number of benzene rings is 1. The average molecular weight is 570 g/mol. The molecule has 12 heteroatoms. The van der Waals surface area contributed by atoms with Crippen LogP contribution in [0.25, 0.3) is 11.3 Å². The Hall–Kier alpha value is -4.03. The summed E-state index contributed by atoms with van der Waals surface area (Å²) >= 11 is 0. The van der Waals surface area contributed by atoms with Crippen LogP contribution < -0.4 is 11.2 Å². The van der Waals surface area contributed by atoms with Gasteiger partial charge in [-0.3, -0.25) is 9.78 Å². The first-order valence-corrected chi connectivity index (χ1v) is 13.4. The van der Waals surface area contributed by atoms with E-state index in [0.29, 0.717) is 37.8 Å². The zero-order valence-corrected chi connectivity index (χ0v) is 22.3. The molecule has 5 rings (SSSR count). The molecule has 0 radical (unpaired) electrons. The largest absolute Gasteiger partial charge is 0.464 e. The van der Waals surface area contributed by atoms with Gasteiger partial charge in [-0.15, -0.1) is 0 Å². The summed E-state index contributed by atoms with van der Waals surface area (Å²) in [6.07, 6.45) is 5.07. The summed E-state index contributed by atoms with van der Waals surface area (Å²) in [6, 6.07) is 5.40. The summed E-state index contributed by atoms with van der Waals surface area (Å²) < 4.78 is 44.9. The number of anilines is 1. The van der Waals surface area contributed by atoms with Gasteiger partial charge in [-0.1, -0.05) is 6.92 Å². The van der Waals surface area contributed by atoms with E-state index in [2.05, 4.69) is 15.3 Å². The Balaban J connectivity index is 1.38. The van der Waals surface area contributed by atoms with Crippen molar-refractivity contribution in [2.24, 2.45) is 11.8 Å². The van der Waals surface area contributed by atoms with E-state index < -0.39 is 46.3 Å². The summed E-state index contributed by atoms with van der Waals surface area (Å²) in [4.78, 5) is 32.6. The van der Waals surface area contributed by atoms with E-state index in [-0.39, 0.29) is 29.1 Å². The first kappa shape index (κ1) is 28.5. The first-order chi connectivity index (χ1) is 19.5. The van der Waals surface area contributed by atoms with Gasteiger partial charge in [0.15, 0.2) is 0 Å². The van der Waals surface area contributed by atoms with Gasteiger partial charge in [0.2, 0.25) is 0 Å². The number of nitrogens with one attached hydrogen (secondary N) is 1. The molecular weight excluding hydrogens is 539 g/mol. The number of aliphatic hydroxyl groups is 1. The fourth-order valence-electron chi connectivity index (χ4n) is 5.88. The number of carbonyl (C=O) groups is 2. The molecule has 216 valence electrons. The van der Waals surface area contributed by atoms with Crippen LogP contribution in [0.1, 0.15) is 73.0 Å². The molecule has 3 aromatic rings. The van der Waals surface area contributed by atoms with Gasteiger partial charge < -0.3 is 15.5 Å². The molecule has 1 unspecified atom stereocenters. The smallest absolute Gasteiger partial charge is 0.421 e. The minimum Gasteiger partial charge on any atom is -0.464 e. The Bertz CT molecular complexity index is 1480. The highest BCUT2D eigenvalue weighted by atomic mass is 19.1. The lowest BCUT2D eigenvalue weighted by atomic mass is 9.75. The molecule has 2 aliphatic carbocycles. The van der Waals surface area contributed by atoms with Crippen LogP contribution in [-0.2, 0) is 5.60 Å². The van der Waals surface area contributed by atoms with Crippen LogP contribution in [0, 0.1) is 23.4 Å². The molecule has 0 bridgehead atoms. The van der Waals surface area contributed by atoms with Gasteiger partial charge in [0, 0.05) is 6.20 Å². The third kappa shape index (κ3) is 5.49. The maximum atomic E-state index is 15.0. The van der Waals surface area contributed by atoms with E-state index in [1.807, 2.05) is 6.92 Å². The zero-order chi connectivity index (χ0) is 29.5. The number of rotatable bonds is 6. The Morgan fingerprint density at radius 2 is 1.80 bits per heavy atom. The van der Waals surface area contributed by atoms with E-state index in [1.54, 1.807) is 12.3 Å². The van der Waals surface area contributed by atoms with Crippen LogP contribution in [0.15, 0.2) is 42.7 Å². The molecule has 9 nitrogen and oxygen atoms in total. The van der Waals surface area contributed by atoms with Gasteiger partial charge in [-0.25, -0.2) is 33.8 Å². The number of carboxylic acid groups (broad SMARTS) is 1. The molecule has 0 aliphatic heterocycles. The number of amides is 2. The van der Waals surface area contributed by atoms with Crippen LogP contribution in [0.2, 0.25) is 0 Å². The van der Waals surface area contributed by atoms with Crippen LogP contribution in [0.4, 0.5) is 23.7 Å². The highest BCUT2D eigenvalue weighted by molar-refractivity contribution is 6.03. The normalized spacial score (nSPS) is 21.6. The molecule has 1 aromatic carbocycles. The number of nitrogens with zero attached hydrogens (tertiary/aromatic N) is 3. The molecule has 2 fully saturated rings. The molecule has 0 saturated heterocycles. The summed E-state index contributed by atoms with van der Waals surface area (Å²) in [5, 5.41) is 23.3. The fraction of sp³-hybridized carbons (Fsp3) is 0.379. The summed E-state index contributed by atoms with van der Waals surface area (Å²) in [5.74, 6) is 1.71. The predicted molar refractivity (Wildman–Crippen MR) is 143 cm³/mol. The van der Waals surface area contributed by atoms with Crippen molar-refractivity contribution >= 4 is 17.7 Å². The molecule has 2 heterocycles. The SMILES string of the molecule is C[C@H]1C[C@H](c2ccncc2NC(=O)c2ccc(F)c(-c3c(F)cc(C4(O)CCC4)cc3F)n2)CCC1N(N)C(=O)O. The molecular formula is C29H30F3N5O4. The Kier molecular flexibility index (Phi) is 7.71. The lowest BCUT2D eigenvalue weighted by Gasteiger charge is -2.38. The number of pyridine rings is 2. The van der Waals surface area contributed by atoms with Gasteiger partial charge in [0.25, 0.3) is 5.91 Å². The zero-order valence-electron chi connectivity index (χ0n) is 22.3. The van der Waals surface area contributed by atoms with Crippen molar-refractivity contribution in [1.29, 1.82) is 0 Å². The molecule has 41 heavy (non-hydrogen) atoms.